The average molecular weight is 319 g/mol. The van der Waals surface area contributed by atoms with E-state index in [0.29, 0.717) is 5.56 Å². The van der Waals surface area contributed by atoms with Crippen LogP contribution in [0.3, 0.4) is 0 Å². The third kappa shape index (κ3) is 5.39. The van der Waals surface area contributed by atoms with Gasteiger partial charge in [0.25, 0.3) is 5.69 Å². The third-order valence-electron chi connectivity index (χ3n) is 3.24. The number of carbonyl (C=O) groups excluding carboxylic acids is 2. The summed E-state index contributed by atoms with van der Waals surface area (Å²) >= 11 is 0. The Morgan fingerprint density at radius 2 is 2.17 bits per heavy atom. The van der Waals surface area contributed by atoms with Crippen molar-refractivity contribution in [1.29, 1.82) is 5.26 Å². The monoisotopic (exact) mass is 319 g/mol. The summed E-state index contributed by atoms with van der Waals surface area (Å²) in [6.45, 7) is 1.65. The first kappa shape index (κ1) is 18.1. The Morgan fingerprint density at radius 1 is 1.48 bits per heavy atom. The Kier molecular flexibility index (Phi) is 6.68. The molecule has 1 N–H and O–H groups in total. The number of nitro groups is 1. The number of hydrogen-bond acceptors (Lipinski definition) is 6. The topological polar surface area (TPSA) is 122 Å². The zero-order valence-electron chi connectivity index (χ0n) is 12.8. The van der Waals surface area contributed by atoms with Crippen molar-refractivity contribution in [2.75, 3.05) is 7.11 Å². The summed E-state index contributed by atoms with van der Waals surface area (Å²) in [5, 5.41) is 21.9. The van der Waals surface area contributed by atoms with Gasteiger partial charge in [0.05, 0.1) is 24.5 Å². The molecule has 0 bridgehead atoms. The molecule has 2 atom stereocenters. The minimum atomic E-state index is -0.939. The Morgan fingerprint density at radius 3 is 2.74 bits per heavy atom. The third-order valence-corrected chi connectivity index (χ3v) is 3.24. The Hall–Kier alpha value is -2.95. The second-order valence-electron chi connectivity index (χ2n) is 5.01. The number of carbonyl (C=O) groups is 2. The fraction of sp³-hybridized carbons (Fsp3) is 0.400. The summed E-state index contributed by atoms with van der Waals surface area (Å²) in [6, 6.07) is 6.69. The molecular weight excluding hydrogens is 302 g/mol. The van der Waals surface area contributed by atoms with Gasteiger partial charge in [0.2, 0.25) is 5.91 Å². The van der Waals surface area contributed by atoms with Crippen LogP contribution in [0, 0.1) is 27.4 Å². The summed E-state index contributed by atoms with van der Waals surface area (Å²) in [6.07, 6.45) is -0.0364. The van der Waals surface area contributed by atoms with E-state index in [9.17, 15) is 19.7 Å². The molecule has 0 aromatic heterocycles. The minimum Gasteiger partial charge on any atom is -0.467 e. The van der Waals surface area contributed by atoms with Crippen LogP contribution in [0.2, 0.25) is 0 Å². The standard InChI is InChI=1S/C15H17N3O5/c1-10(6-7-16)14(15(20)23-2)17-13(19)9-11-4-3-5-12(8-11)18(21)22/h3-5,8,10,14H,6,9H2,1-2H3,(H,17,19)/t10-,14-/m1/s1. The summed E-state index contributed by atoms with van der Waals surface area (Å²) in [5.41, 5.74) is 0.339. The number of amides is 1. The molecular formula is C15H17N3O5. The van der Waals surface area contributed by atoms with E-state index in [4.69, 9.17) is 5.26 Å². The van der Waals surface area contributed by atoms with Gasteiger partial charge in [-0.05, 0) is 5.56 Å². The van der Waals surface area contributed by atoms with Crippen molar-refractivity contribution in [3.63, 3.8) is 0 Å². The molecule has 8 nitrogen and oxygen atoms in total. The molecule has 1 aromatic rings. The number of ether oxygens (including phenoxy) is 1. The molecule has 0 radical (unpaired) electrons. The first-order chi connectivity index (χ1) is 10.9. The first-order valence-corrected chi connectivity index (χ1v) is 6.86. The number of non-ortho nitro benzene ring substituents is 1. The summed E-state index contributed by atoms with van der Waals surface area (Å²) < 4.78 is 4.63. The Labute approximate surface area is 133 Å². The quantitative estimate of drug-likeness (QED) is 0.460. The lowest BCUT2D eigenvalue weighted by Crippen LogP contribution is -2.46. The van der Waals surface area contributed by atoms with Gasteiger partial charge in [0.1, 0.15) is 6.04 Å². The molecule has 23 heavy (non-hydrogen) atoms. The van der Waals surface area contributed by atoms with Crippen molar-refractivity contribution >= 4 is 17.6 Å². The molecule has 122 valence electrons. The summed E-state index contributed by atoms with van der Waals surface area (Å²) in [5.74, 6) is -1.53. The van der Waals surface area contributed by atoms with Crippen LogP contribution in [-0.2, 0) is 20.7 Å². The van der Waals surface area contributed by atoms with Crippen LogP contribution in [0.4, 0.5) is 5.69 Å². The number of nitrogens with zero attached hydrogens (tertiary/aromatic N) is 2. The number of nitro benzene ring substituents is 1. The fourth-order valence-electron chi connectivity index (χ4n) is 2.01. The van der Waals surface area contributed by atoms with Gasteiger partial charge in [0, 0.05) is 24.5 Å². The molecule has 0 aliphatic carbocycles. The largest absolute Gasteiger partial charge is 0.467 e. The molecule has 0 heterocycles. The maximum absolute atomic E-state index is 12.1. The highest BCUT2D eigenvalue weighted by molar-refractivity contribution is 5.85. The Bertz CT molecular complexity index is 638. The van der Waals surface area contributed by atoms with Crippen LogP contribution in [0.5, 0.6) is 0 Å². The molecule has 1 rings (SSSR count). The van der Waals surface area contributed by atoms with Crippen molar-refractivity contribution in [3.8, 4) is 6.07 Å². The minimum absolute atomic E-state index is 0.0802. The van der Waals surface area contributed by atoms with Crippen molar-refractivity contribution in [2.24, 2.45) is 5.92 Å². The van der Waals surface area contributed by atoms with E-state index in [1.54, 1.807) is 13.0 Å². The number of hydrogen-bond donors (Lipinski definition) is 1. The number of esters is 1. The number of nitriles is 1. The first-order valence-electron chi connectivity index (χ1n) is 6.86. The predicted molar refractivity (Wildman–Crippen MR) is 80.1 cm³/mol. The molecule has 0 unspecified atom stereocenters. The number of nitrogens with one attached hydrogen (secondary N) is 1. The fourth-order valence-corrected chi connectivity index (χ4v) is 2.01. The van der Waals surface area contributed by atoms with Crippen molar-refractivity contribution in [2.45, 2.75) is 25.8 Å². The van der Waals surface area contributed by atoms with Gasteiger partial charge in [-0.3, -0.25) is 14.9 Å². The highest BCUT2D eigenvalue weighted by Gasteiger charge is 2.27. The van der Waals surface area contributed by atoms with E-state index in [1.165, 1.54) is 25.3 Å². The highest BCUT2D eigenvalue weighted by Crippen LogP contribution is 2.14. The maximum Gasteiger partial charge on any atom is 0.328 e. The van der Waals surface area contributed by atoms with Crippen LogP contribution in [-0.4, -0.2) is 30.0 Å². The maximum atomic E-state index is 12.1. The van der Waals surface area contributed by atoms with Gasteiger partial charge in [-0.15, -0.1) is 0 Å². The summed E-state index contributed by atoms with van der Waals surface area (Å²) in [4.78, 5) is 34.0. The number of benzene rings is 1. The smallest absolute Gasteiger partial charge is 0.328 e. The molecule has 0 saturated carbocycles. The molecule has 1 aromatic carbocycles. The van der Waals surface area contributed by atoms with E-state index in [0.717, 1.165) is 0 Å². The molecule has 0 spiro atoms. The van der Waals surface area contributed by atoms with Gasteiger partial charge in [-0.25, -0.2) is 4.79 Å². The Balaban J connectivity index is 2.79. The van der Waals surface area contributed by atoms with Gasteiger partial charge in [-0.2, -0.15) is 5.26 Å². The molecule has 0 saturated heterocycles. The zero-order valence-corrected chi connectivity index (χ0v) is 12.8. The van der Waals surface area contributed by atoms with Crippen LogP contribution < -0.4 is 5.32 Å². The van der Waals surface area contributed by atoms with E-state index >= 15 is 0 Å². The van der Waals surface area contributed by atoms with Crippen molar-refractivity contribution in [3.05, 3.63) is 39.9 Å². The van der Waals surface area contributed by atoms with Gasteiger partial charge in [-0.1, -0.05) is 19.1 Å². The SMILES string of the molecule is COC(=O)[C@H](NC(=O)Cc1cccc([N+](=O)[O-])c1)[C@H](C)CC#N. The van der Waals surface area contributed by atoms with E-state index < -0.39 is 28.8 Å². The van der Waals surface area contributed by atoms with Crippen molar-refractivity contribution in [1.82, 2.24) is 5.32 Å². The van der Waals surface area contributed by atoms with E-state index in [2.05, 4.69) is 10.1 Å². The van der Waals surface area contributed by atoms with E-state index in [1.807, 2.05) is 6.07 Å². The molecule has 0 aliphatic heterocycles. The number of methoxy groups -OCH3 is 1. The highest BCUT2D eigenvalue weighted by atomic mass is 16.6. The second kappa shape index (κ2) is 8.48. The normalized spacial score (nSPS) is 12.6. The lowest BCUT2D eigenvalue weighted by atomic mass is 9.98. The second-order valence-corrected chi connectivity index (χ2v) is 5.01. The van der Waals surface area contributed by atoms with Gasteiger partial charge in [0.15, 0.2) is 0 Å². The molecule has 0 aliphatic rings. The van der Waals surface area contributed by atoms with Crippen molar-refractivity contribution < 1.29 is 19.2 Å². The van der Waals surface area contributed by atoms with Crippen LogP contribution >= 0.6 is 0 Å². The average Bonchev–Trinajstić information content (AvgIpc) is 2.52. The molecule has 1 amide bonds. The zero-order chi connectivity index (χ0) is 17.4. The molecule has 8 heteroatoms. The van der Waals surface area contributed by atoms with Crippen LogP contribution in [0.25, 0.3) is 0 Å². The van der Waals surface area contributed by atoms with Gasteiger partial charge >= 0.3 is 5.97 Å². The predicted octanol–water partition coefficient (Wildman–Crippen LogP) is 1.34. The number of rotatable bonds is 7. The van der Waals surface area contributed by atoms with Crippen LogP contribution in [0.1, 0.15) is 18.9 Å². The summed E-state index contributed by atoms with van der Waals surface area (Å²) in [7, 11) is 1.20. The van der Waals surface area contributed by atoms with Crippen LogP contribution in [0.15, 0.2) is 24.3 Å². The lowest BCUT2D eigenvalue weighted by Gasteiger charge is -2.21. The lowest BCUT2D eigenvalue weighted by molar-refractivity contribution is -0.384. The van der Waals surface area contributed by atoms with Gasteiger partial charge < -0.3 is 10.1 Å². The molecule has 0 fully saturated rings. The van der Waals surface area contributed by atoms with E-state index in [-0.39, 0.29) is 18.5 Å².